The van der Waals surface area contributed by atoms with E-state index in [2.05, 4.69) is 38.6 Å². The number of rotatable bonds is 8. The number of imidazole rings is 1. The maximum absolute atomic E-state index is 4.58. The molecular weight excluding hydrogens is 274 g/mol. The number of aliphatic imine (C=N–C) groups is 1. The van der Waals surface area contributed by atoms with Crippen molar-refractivity contribution >= 4 is 17.0 Å². The van der Waals surface area contributed by atoms with Crippen molar-refractivity contribution in [2.45, 2.75) is 39.0 Å². The van der Waals surface area contributed by atoms with Gasteiger partial charge in [-0.25, -0.2) is 4.98 Å². The minimum atomic E-state index is 0.814. The fraction of sp³-hybridized carbons (Fsp3) is 0.529. The highest BCUT2D eigenvalue weighted by atomic mass is 15.2. The number of hydrogen-bond donors (Lipinski definition) is 3. The van der Waals surface area contributed by atoms with Crippen LogP contribution in [0.1, 0.15) is 38.4 Å². The predicted octanol–water partition coefficient (Wildman–Crippen LogP) is 2.85. The summed E-state index contributed by atoms with van der Waals surface area (Å²) in [4.78, 5) is 12.2. The molecule has 5 heteroatoms. The zero-order chi connectivity index (χ0) is 15.6. The summed E-state index contributed by atoms with van der Waals surface area (Å²) in [6, 6.07) is 8.11. The largest absolute Gasteiger partial charge is 0.356 e. The summed E-state index contributed by atoms with van der Waals surface area (Å²) < 4.78 is 0. The molecule has 0 spiro atoms. The van der Waals surface area contributed by atoms with Crippen LogP contribution in [0.3, 0.4) is 0 Å². The topological polar surface area (TPSA) is 65.1 Å². The van der Waals surface area contributed by atoms with E-state index in [-0.39, 0.29) is 0 Å². The van der Waals surface area contributed by atoms with Crippen LogP contribution in [0.25, 0.3) is 11.0 Å². The Hall–Kier alpha value is -2.04. The number of H-pyrrole nitrogens is 1. The van der Waals surface area contributed by atoms with Gasteiger partial charge in [0.2, 0.25) is 0 Å². The van der Waals surface area contributed by atoms with Gasteiger partial charge in [-0.15, -0.1) is 0 Å². The van der Waals surface area contributed by atoms with Crippen molar-refractivity contribution in [3.63, 3.8) is 0 Å². The normalized spacial score (nSPS) is 11.8. The number of unbranched alkanes of at least 4 members (excludes halogenated alkanes) is 3. The number of aromatic amines is 1. The molecule has 0 amide bonds. The van der Waals surface area contributed by atoms with Gasteiger partial charge >= 0.3 is 0 Å². The van der Waals surface area contributed by atoms with Crippen molar-refractivity contribution in [3.05, 3.63) is 30.1 Å². The molecular formula is C17H27N5. The minimum Gasteiger partial charge on any atom is -0.356 e. The van der Waals surface area contributed by atoms with Gasteiger partial charge in [0, 0.05) is 26.6 Å². The molecule has 2 rings (SSSR count). The summed E-state index contributed by atoms with van der Waals surface area (Å²) in [6.45, 7) is 4.02. The third-order valence-electron chi connectivity index (χ3n) is 3.64. The highest BCUT2D eigenvalue weighted by Gasteiger charge is 2.02. The standard InChI is InChI=1S/C17H27N5/c1-3-4-5-8-12-19-17(18-2)20-13-11-16-21-14-9-6-7-10-15(14)22-16/h6-7,9-10H,3-5,8,11-13H2,1-2H3,(H,21,22)(H2,18,19,20). The Morgan fingerprint density at radius 1 is 1.14 bits per heavy atom. The second kappa shape index (κ2) is 9.07. The first-order valence-electron chi connectivity index (χ1n) is 8.21. The lowest BCUT2D eigenvalue weighted by Crippen LogP contribution is -2.38. The minimum absolute atomic E-state index is 0.814. The molecule has 1 heterocycles. The molecule has 0 aliphatic rings. The summed E-state index contributed by atoms with van der Waals surface area (Å²) >= 11 is 0. The van der Waals surface area contributed by atoms with E-state index in [1.165, 1.54) is 25.7 Å². The molecule has 0 saturated carbocycles. The van der Waals surface area contributed by atoms with E-state index in [4.69, 9.17) is 0 Å². The van der Waals surface area contributed by atoms with Gasteiger partial charge in [-0.3, -0.25) is 4.99 Å². The molecule has 22 heavy (non-hydrogen) atoms. The maximum atomic E-state index is 4.58. The van der Waals surface area contributed by atoms with Gasteiger partial charge in [-0.1, -0.05) is 38.3 Å². The van der Waals surface area contributed by atoms with E-state index in [1.54, 1.807) is 0 Å². The number of nitrogens with zero attached hydrogens (tertiary/aromatic N) is 2. The van der Waals surface area contributed by atoms with Crippen molar-refractivity contribution < 1.29 is 0 Å². The van der Waals surface area contributed by atoms with Gasteiger partial charge in [0.05, 0.1) is 11.0 Å². The number of benzene rings is 1. The van der Waals surface area contributed by atoms with Gasteiger partial charge in [0.15, 0.2) is 5.96 Å². The van der Waals surface area contributed by atoms with Gasteiger partial charge in [0.25, 0.3) is 0 Å². The molecule has 0 fully saturated rings. The van der Waals surface area contributed by atoms with Gasteiger partial charge in [-0.2, -0.15) is 0 Å². The maximum Gasteiger partial charge on any atom is 0.190 e. The second-order valence-corrected chi connectivity index (χ2v) is 5.44. The first kappa shape index (κ1) is 16.3. The number of guanidine groups is 1. The molecule has 1 aromatic heterocycles. The SMILES string of the molecule is CCCCCCNC(=NC)NCCc1nc2ccccc2[nH]1. The number of nitrogens with one attached hydrogen (secondary N) is 3. The van der Waals surface area contributed by atoms with Crippen LogP contribution in [0.5, 0.6) is 0 Å². The van der Waals surface area contributed by atoms with Crippen molar-refractivity contribution in [1.82, 2.24) is 20.6 Å². The zero-order valence-corrected chi connectivity index (χ0v) is 13.7. The highest BCUT2D eigenvalue weighted by molar-refractivity contribution is 5.79. The average molecular weight is 301 g/mol. The van der Waals surface area contributed by atoms with Crippen LogP contribution in [-0.4, -0.2) is 36.1 Å². The zero-order valence-electron chi connectivity index (χ0n) is 13.7. The number of para-hydroxylation sites is 2. The lowest BCUT2D eigenvalue weighted by atomic mass is 10.2. The van der Waals surface area contributed by atoms with E-state index in [0.29, 0.717) is 0 Å². The van der Waals surface area contributed by atoms with Gasteiger partial charge in [-0.05, 0) is 18.6 Å². The molecule has 0 atom stereocenters. The monoisotopic (exact) mass is 301 g/mol. The molecule has 0 aliphatic carbocycles. The summed E-state index contributed by atoms with van der Waals surface area (Å²) in [6.07, 6.45) is 5.90. The van der Waals surface area contributed by atoms with Crippen LogP contribution in [0.2, 0.25) is 0 Å². The lowest BCUT2D eigenvalue weighted by Gasteiger charge is -2.11. The summed E-state index contributed by atoms with van der Waals surface area (Å²) in [5.41, 5.74) is 2.12. The summed E-state index contributed by atoms with van der Waals surface area (Å²) in [5, 5.41) is 6.68. The molecule has 120 valence electrons. The Kier molecular flexibility index (Phi) is 6.74. The van der Waals surface area contributed by atoms with E-state index in [1.807, 2.05) is 25.2 Å². The van der Waals surface area contributed by atoms with Crippen molar-refractivity contribution in [2.75, 3.05) is 20.1 Å². The number of fused-ring (bicyclic) bond motifs is 1. The molecule has 0 aliphatic heterocycles. The second-order valence-electron chi connectivity index (χ2n) is 5.44. The van der Waals surface area contributed by atoms with E-state index < -0.39 is 0 Å². The Balaban J connectivity index is 1.69. The smallest absolute Gasteiger partial charge is 0.190 e. The third kappa shape index (κ3) is 5.06. The van der Waals surface area contributed by atoms with Crippen LogP contribution in [0.15, 0.2) is 29.3 Å². The molecule has 0 unspecified atom stereocenters. The molecule has 3 N–H and O–H groups in total. The fourth-order valence-corrected chi connectivity index (χ4v) is 2.40. The fourth-order valence-electron chi connectivity index (χ4n) is 2.40. The Labute approximate surface area is 132 Å². The van der Waals surface area contributed by atoms with Crippen molar-refractivity contribution in [1.29, 1.82) is 0 Å². The number of aromatic nitrogens is 2. The highest BCUT2D eigenvalue weighted by Crippen LogP contribution is 2.10. The Morgan fingerprint density at radius 2 is 1.95 bits per heavy atom. The molecule has 2 aromatic rings. The lowest BCUT2D eigenvalue weighted by molar-refractivity contribution is 0.646. The van der Waals surface area contributed by atoms with Gasteiger partial charge < -0.3 is 15.6 Å². The summed E-state index contributed by atoms with van der Waals surface area (Å²) in [5.74, 6) is 1.87. The van der Waals surface area contributed by atoms with Crippen LogP contribution in [0.4, 0.5) is 0 Å². The first-order valence-corrected chi connectivity index (χ1v) is 8.21. The molecule has 0 radical (unpaired) electrons. The quantitative estimate of drug-likeness (QED) is 0.399. The summed E-state index contributed by atoms with van der Waals surface area (Å²) in [7, 11) is 1.81. The molecule has 0 saturated heterocycles. The van der Waals surface area contributed by atoms with Crippen LogP contribution in [0, 0.1) is 0 Å². The van der Waals surface area contributed by atoms with E-state index >= 15 is 0 Å². The number of hydrogen-bond acceptors (Lipinski definition) is 2. The van der Waals surface area contributed by atoms with Crippen LogP contribution >= 0.6 is 0 Å². The Morgan fingerprint density at radius 3 is 2.73 bits per heavy atom. The van der Waals surface area contributed by atoms with Crippen molar-refractivity contribution in [2.24, 2.45) is 4.99 Å². The molecule has 1 aromatic carbocycles. The third-order valence-corrected chi connectivity index (χ3v) is 3.64. The first-order chi connectivity index (χ1) is 10.8. The molecule has 5 nitrogen and oxygen atoms in total. The average Bonchev–Trinajstić information content (AvgIpc) is 2.95. The van der Waals surface area contributed by atoms with Crippen LogP contribution in [-0.2, 0) is 6.42 Å². The Bertz CT molecular complexity index is 555. The van der Waals surface area contributed by atoms with Crippen molar-refractivity contribution in [3.8, 4) is 0 Å². The van der Waals surface area contributed by atoms with Gasteiger partial charge in [0.1, 0.15) is 5.82 Å². The van der Waals surface area contributed by atoms with Crippen LogP contribution < -0.4 is 10.6 Å². The predicted molar refractivity (Wildman–Crippen MR) is 93.3 cm³/mol. The molecule has 0 bridgehead atoms. The van der Waals surface area contributed by atoms with E-state index in [9.17, 15) is 0 Å². The van der Waals surface area contributed by atoms with E-state index in [0.717, 1.165) is 42.3 Å².